The summed E-state index contributed by atoms with van der Waals surface area (Å²) in [6.07, 6.45) is 6.18. The number of guanidine groups is 1. The Labute approximate surface area is 247 Å². The minimum atomic E-state index is -0.595. The molecule has 3 amide bonds. The monoisotopic (exact) mass is 587 g/mol. The number of rotatable bonds is 6. The molecule has 0 unspecified atom stereocenters. The van der Waals surface area contributed by atoms with Gasteiger partial charge in [-0.1, -0.05) is 66.5 Å². The normalized spacial score (nSPS) is 14.1. The summed E-state index contributed by atoms with van der Waals surface area (Å²) >= 11 is 7.77. The summed E-state index contributed by atoms with van der Waals surface area (Å²) in [6.45, 7) is 2.22. The number of aryl methyl sites for hydroxylation is 1. The fourth-order valence-corrected chi connectivity index (χ4v) is 6.45. The van der Waals surface area contributed by atoms with Crippen LogP contribution < -0.4 is 16.0 Å². The summed E-state index contributed by atoms with van der Waals surface area (Å²) in [5.41, 5.74) is 17.1. The molecule has 11 heteroatoms. The number of amides is 3. The Bertz CT molecular complexity index is 1610. The number of hydrogen-bond donors (Lipinski definition) is 3. The zero-order chi connectivity index (χ0) is 28.9. The number of nitrogens with zero attached hydrogens (tertiary/aromatic N) is 4. The van der Waals surface area contributed by atoms with Gasteiger partial charge in [0.05, 0.1) is 16.3 Å². The predicted molar refractivity (Wildman–Crippen MR) is 164 cm³/mol. The van der Waals surface area contributed by atoms with Crippen molar-refractivity contribution in [3.05, 3.63) is 87.9 Å². The molecule has 41 heavy (non-hydrogen) atoms. The Hall–Kier alpha value is -4.15. The molecule has 0 saturated heterocycles. The number of anilines is 2. The number of carbonyl (C=O) groups is 2. The zero-order valence-electron chi connectivity index (χ0n) is 22.6. The van der Waals surface area contributed by atoms with Gasteiger partial charge in [0.25, 0.3) is 5.91 Å². The van der Waals surface area contributed by atoms with E-state index in [1.165, 1.54) is 49.0 Å². The molecule has 1 fully saturated rings. The van der Waals surface area contributed by atoms with Gasteiger partial charge in [0.1, 0.15) is 5.52 Å². The van der Waals surface area contributed by atoms with Gasteiger partial charge in [-0.3, -0.25) is 15.0 Å². The smallest absolute Gasteiger partial charge is 0.328 e. The molecular weight excluding hydrogens is 558 g/mol. The van der Waals surface area contributed by atoms with Gasteiger partial charge in [-0.25, -0.2) is 15.3 Å². The number of hydrogen-bond acceptors (Lipinski definition) is 5. The summed E-state index contributed by atoms with van der Waals surface area (Å²) in [6, 6.07) is 18.5. The number of halogens is 1. The van der Waals surface area contributed by atoms with Crippen LogP contribution in [0.25, 0.3) is 10.2 Å². The minimum Gasteiger partial charge on any atom is -0.366 e. The summed E-state index contributed by atoms with van der Waals surface area (Å²) in [5.74, 6) is -0.451. The second kappa shape index (κ2) is 12.6. The maximum absolute atomic E-state index is 13.7. The minimum absolute atomic E-state index is 0.251. The first-order valence-corrected chi connectivity index (χ1v) is 14.6. The van der Waals surface area contributed by atoms with Gasteiger partial charge in [-0.2, -0.15) is 4.99 Å². The van der Waals surface area contributed by atoms with E-state index in [-0.39, 0.29) is 12.6 Å². The average molecular weight is 588 g/mol. The zero-order valence-corrected chi connectivity index (χ0v) is 24.1. The lowest BCUT2D eigenvalue weighted by Crippen LogP contribution is -2.34. The highest BCUT2D eigenvalue weighted by molar-refractivity contribution is 7.22. The lowest BCUT2D eigenvalue weighted by molar-refractivity contribution is 0.100. The molecule has 3 aromatic carbocycles. The molecule has 4 aromatic rings. The first kappa shape index (κ1) is 28.4. The van der Waals surface area contributed by atoms with E-state index in [0.29, 0.717) is 27.2 Å². The number of benzene rings is 3. The van der Waals surface area contributed by atoms with Crippen molar-refractivity contribution < 1.29 is 9.59 Å². The van der Waals surface area contributed by atoms with Crippen LogP contribution in [0.4, 0.5) is 15.6 Å². The van der Waals surface area contributed by atoms with Crippen molar-refractivity contribution in [2.75, 3.05) is 10.2 Å². The number of thiazole rings is 1. The van der Waals surface area contributed by atoms with Gasteiger partial charge in [-0.05, 0) is 78.8 Å². The molecule has 0 atom stereocenters. The number of aliphatic imine (C=N–C) groups is 1. The van der Waals surface area contributed by atoms with Crippen LogP contribution in [0.3, 0.4) is 0 Å². The Balaban J connectivity index is 1.41. The molecule has 1 heterocycles. The largest absolute Gasteiger partial charge is 0.366 e. The topological polar surface area (TPSA) is 137 Å². The number of urea groups is 1. The third-order valence-electron chi connectivity index (χ3n) is 7.21. The highest BCUT2D eigenvalue weighted by Gasteiger charge is 2.21. The van der Waals surface area contributed by atoms with E-state index in [1.54, 1.807) is 29.2 Å². The average Bonchev–Trinajstić information content (AvgIpc) is 3.39. The second-order valence-electron chi connectivity index (χ2n) is 10.1. The fourth-order valence-electron chi connectivity index (χ4n) is 5.10. The molecule has 0 radical (unpaired) electrons. The first-order valence-electron chi connectivity index (χ1n) is 13.4. The number of carbonyl (C=O) groups excluding carboxylic acids is 2. The van der Waals surface area contributed by atoms with Crippen LogP contribution in [0.5, 0.6) is 0 Å². The fraction of sp³-hybridized carbons (Fsp3) is 0.267. The summed E-state index contributed by atoms with van der Waals surface area (Å²) in [5, 5.41) is 6.91. The van der Waals surface area contributed by atoms with E-state index in [4.69, 9.17) is 22.9 Å². The van der Waals surface area contributed by atoms with E-state index >= 15 is 0 Å². The van der Waals surface area contributed by atoms with Crippen LogP contribution in [-0.2, 0) is 6.54 Å². The third-order valence-corrected chi connectivity index (χ3v) is 8.41. The van der Waals surface area contributed by atoms with Crippen molar-refractivity contribution >= 4 is 61.9 Å². The van der Waals surface area contributed by atoms with Gasteiger partial charge >= 0.3 is 6.03 Å². The molecule has 5 rings (SSSR count). The van der Waals surface area contributed by atoms with Crippen LogP contribution in [0.2, 0.25) is 5.02 Å². The number of nitrogens with two attached hydrogens (primary N) is 1. The quantitative estimate of drug-likeness (QED) is 0.119. The van der Waals surface area contributed by atoms with E-state index in [2.05, 4.69) is 32.5 Å². The first-order chi connectivity index (χ1) is 19.8. The molecule has 0 aliphatic heterocycles. The Morgan fingerprint density at radius 2 is 1.80 bits per heavy atom. The van der Waals surface area contributed by atoms with Crippen molar-refractivity contribution in [3.8, 4) is 0 Å². The second-order valence-corrected chi connectivity index (χ2v) is 11.6. The third kappa shape index (κ3) is 6.78. The molecule has 1 aliphatic rings. The Kier molecular flexibility index (Phi) is 8.70. The van der Waals surface area contributed by atoms with Crippen molar-refractivity contribution in [1.29, 1.82) is 5.53 Å². The summed E-state index contributed by atoms with van der Waals surface area (Å²) in [4.78, 5) is 35.7. The van der Waals surface area contributed by atoms with Gasteiger partial charge in [0.2, 0.25) is 5.96 Å². The predicted octanol–water partition coefficient (Wildman–Crippen LogP) is 8.03. The summed E-state index contributed by atoms with van der Waals surface area (Å²) in [7, 11) is 0. The molecule has 4 N–H and O–H groups in total. The van der Waals surface area contributed by atoms with Crippen molar-refractivity contribution in [1.82, 2.24) is 4.98 Å². The highest BCUT2D eigenvalue weighted by atomic mass is 35.5. The van der Waals surface area contributed by atoms with Gasteiger partial charge in [-0.15, -0.1) is 5.11 Å². The van der Waals surface area contributed by atoms with E-state index < -0.39 is 11.9 Å². The summed E-state index contributed by atoms with van der Waals surface area (Å²) < 4.78 is 0.899. The number of nitrogens with one attached hydrogen (secondary N) is 2. The highest BCUT2D eigenvalue weighted by Crippen LogP contribution is 2.35. The van der Waals surface area contributed by atoms with Crippen LogP contribution in [-0.4, -0.2) is 22.9 Å². The SMILES string of the molecule is Cc1cc(Cl)c2nc(NC(=O)N(Cc3ccc(C(=O)N=C(N)N=N)cc3)c3ccc(C4CCCCC4)cc3)sc2c1. The number of fused-ring (bicyclic) bond motifs is 1. The molecule has 1 aromatic heterocycles. The lowest BCUT2D eigenvalue weighted by atomic mass is 9.84. The number of aromatic nitrogens is 1. The van der Waals surface area contributed by atoms with Crippen LogP contribution in [0.15, 0.2) is 70.8 Å². The molecule has 1 saturated carbocycles. The van der Waals surface area contributed by atoms with Gasteiger partial charge in [0, 0.05) is 11.3 Å². The lowest BCUT2D eigenvalue weighted by Gasteiger charge is -2.25. The maximum atomic E-state index is 13.7. The van der Waals surface area contributed by atoms with Crippen LogP contribution in [0, 0.1) is 12.5 Å². The van der Waals surface area contributed by atoms with Crippen molar-refractivity contribution in [3.63, 3.8) is 0 Å². The molecule has 210 valence electrons. The Morgan fingerprint density at radius 1 is 1.10 bits per heavy atom. The molecule has 0 spiro atoms. The van der Waals surface area contributed by atoms with Crippen molar-refractivity contribution in [2.24, 2.45) is 15.8 Å². The van der Waals surface area contributed by atoms with E-state index in [0.717, 1.165) is 21.5 Å². The van der Waals surface area contributed by atoms with Crippen LogP contribution >= 0.6 is 22.9 Å². The van der Waals surface area contributed by atoms with Crippen LogP contribution in [0.1, 0.15) is 65.1 Å². The molecule has 0 bridgehead atoms. The standard InChI is InChI=1S/C30H30ClN7O2S/c1-18-15-24(31)26-25(16-18)41-29(34-26)36-30(40)38(23-13-11-21(12-14-23)20-5-3-2-4-6-20)17-19-7-9-22(10-8-19)27(39)35-28(32)37-33/h7-16,20,33H,2-6,17H2,1H3,(H2,32,35,39)(H,34,36,40). The molecule has 1 aliphatic carbocycles. The maximum Gasteiger partial charge on any atom is 0.328 e. The van der Waals surface area contributed by atoms with E-state index in [1.807, 2.05) is 31.2 Å². The Morgan fingerprint density at radius 3 is 2.49 bits per heavy atom. The molecule has 9 nitrogen and oxygen atoms in total. The van der Waals surface area contributed by atoms with Gasteiger partial charge < -0.3 is 5.73 Å². The van der Waals surface area contributed by atoms with Crippen molar-refractivity contribution in [2.45, 2.75) is 51.5 Å². The molecular formula is C30H30ClN7O2S. The van der Waals surface area contributed by atoms with Gasteiger partial charge in [0.15, 0.2) is 5.13 Å². The van der Waals surface area contributed by atoms with E-state index in [9.17, 15) is 9.59 Å².